The van der Waals surface area contributed by atoms with Crippen LogP contribution in [0.3, 0.4) is 0 Å². The smallest absolute Gasteiger partial charge is 0.233 e. The number of benzene rings is 2. The van der Waals surface area contributed by atoms with Crippen molar-refractivity contribution in [1.82, 2.24) is 19.7 Å². The topological polar surface area (TPSA) is 51.0 Å². The highest BCUT2D eigenvalue weighted by atomic mass is 32.2. The molecule has 0 saturated carbocycles. The molecule has 29 heavy (non-hydrogen) atoms. The zero-order chi connectivity index (χ0) is 20.1. The Balaban J connectivity index is 1.55. The molecule has 0 aliphatic carbocycles. The van der Waals surface area contributed by atoms with Gasteiger partial charge >= 0.3 is 0 Å². The molecular formula is C23H26N4OS. The molecule has 1 saturated heterocycles. The highest BCUT2D eigenvalue weighted by Crippen LogP contribution is 2.25. The summed E-state index contributed by atoms with van der Waals surface area (Å²) in [6.45, 7) is 3.01. The van der Waals surface area contributed by atoms with Crippen molar-refractivity contribution in [2.75, 3.05) is 12.3 Å². The lowest BCUT2D eigenvalue weighted by Gasteiger charge is -2.33. The van der Waals surface area contributed by atoms with Crippen molar-refractivity contribution in [2.45, 2.75) is 43.8 Å². The first kappa shape index (κ1) is 19.7. The van der Waals surface area contributed by atoms with E-state index in [0.29, 0.717) is 18.2 Å². The Morgan fingerprint density at radius 2 is 1.76 bits per heavy atom. The molecule has 0 unspecified atom stereocenters. The highest BCUT2D eigenvalue weighted by Gasteiger charge is 2.24. The number of carbonyl (C=O) groups excluding carboxylic acids is 1. The van der Waals surface area contributed by atoms with Crippen LogP contribution in [-0.2, 0) is 11.2 Å². The molecule has 1 aliphatic heterocycles. The second-order valence-corrected chi connectivity index (χ2v) is 8.40. The Labute approximate surface area is 176 Å². The van der Waals surface area contributed by atoms with Crippen LogP contribution < -0.4 is 0 Å². The Morgan fingerprint density at radius 1 is 1.03 bits per heavy atom. The average molecular weight is 407 g/mol. The monoisotopic (exact) mass is 406 g/mol. The lowest BCUT2D eigenvalue weighted by Crippen LogP contribution is -2.42. The molecule has 0 N–H and O–H groups in total. The molecule has 1 aliphatic rings. The van der Waals surface area contributed by atoms with Crippen molar-refractivity contribution in [3.8, 4) is 5.69 Å². The van der Waals surface area contributed by atoms with Crippen LogP contribution in [-0.4, -0.2) is 43.9 Å². The maximum atomic E-state index is 12.8. The molecule has 150 valence electrons. The average Bonchev–Trinajstić information content (AvgIpc) is 3.16. The van der Waals surface area contributed by atoms with E-state index in [2.05, 4.69) is 46.0 Å². The molecule has 3 aromatic rings. The molecule has 5 nitrogen and oxygen atoms in total. The second-order valence-electron chi connectivity index (χ2n) is 7.45. The summed E-state index contributed by atoms with van der Waals surface area (Å²) in [5.74, 6) is 1.46. The summed E-state index contributed by atoms with van der Waals surface area (Å²) in [5.41, 5.74) is 2.21. The van der Waals surface area contributed by atoms with Crippen molar-refractivity contribution < 1.29 is 4.79 Å². The van der Waals surface area contributed by atoms with Crippen LogP contribution in [0.4, 0.5) is 0 Å². The van der Waals surface area contributed by atoms with Crippen LogP contribution in [0, 0.1) is 0 Å². The summed E-state index contributed by atoms with van der Waals surface area (Å²) >= 11 is 1.48. The summed E-state index contributed by atoms with van der Waals surface area (Å²) in [7, 11) is 0. The predicted molar refractivity (Wildman–Crippen MR) is 116 cm³/mol. The van der Waals surface area contributed by atoms with Gasteiger partial charge in [-0.15, -0.1) is 10.2 Å². The fourth-order valence-corrected chi connectivity index (χ4v) is 4.66. The van der Waals surface area contributed by atoms with Crippen LogP contribution >= 0.6 is 11.8 Å². The fraction of sp³-hybridized carbons (Fsp3) is 0.348. The van der Waals surface area contributed by atoms with E-state index in [1.165, 1.54) is 23.7 Å². The van der Waals surface area contributed by atoms with Gasteiger partial charge in [0.1, 0.15) is 5.82 Å². The molecule has 6 heteroatoms. The molecular weight excluding hydrogens is 380 g/mol. The first-order valence-corrected chi connectivity index (χ1v) is 11.2. The Kier molecular flexibility index (Phi) is 6.30. The summed E-state index contributed by atoms with van der Waals surface area (Å²) in [6, 6.07) is 20.7. The molecule has 1 fully saturated rings. The zero-order valence-corrected chi connectivity index (χ0v) is 17.5. The summed E-state index contributed by atoms with van der Waals surface area (Å²) in [5, 5.41) is 9.65. The first-order valence-electron chi connectivity index (χ1n) is 10.2. The summed E-state index contributed by atoms with van der Waals surface area (Å²) in [6.07, 6.45) is 4.10. The molecule has 2 heterocycles. The number of likely N-dealkylation sites (tertiary alicyclic amines) is 1. The normalized spacial score (nSPS) is 16.7. The third-order valence-electron chi connectivity index (χ3n) is 5.37. The van der Waals surface area contributed by atoms with Crippen molar-refractivity contribution in [3.63, 3.8) is 0 Å². The van der Waals surface area contributed by atoms with Crippen LogP contribution in [0.25, 0.3) is 5.69 Å². The number of carbonyl (C=O) groups is 1. The quantitative estimate of drug-likeness (QED) is 0.571. The molecule has 1 atom stereocenters. The standard InChI is InChI=1S/C23H26N4OS/c1-18-10-8-9-15-26(18)22(28)17-29-23-25-24-21(16-19-11-4-2-5-12-19)27(23)20-13-6-3-7-14-20/h2-7,11-14,18H,8-10,15-17H2,1H3/t18-/m0/s1. The van der Waals surface area contributed by atoms with Crippen LogP contribution in [0.5, 0.6) is 0 Å². The maximum absolute atomic E-state index is 12.8. The minimum absolute atomic E-state index is 0.189. The van der Waals surface area contributed by atoms with Gasteiger partial charge in [0.05, 0.1) is 5.75 Å². The van der Waals surface area contributed by atoms with Gasteiger partial charge in [0.15, 0.2) is 5.16 Å². The number of amides is 1. The van der Waals surface area contributed by atoms with E-state index in [-0.39, 0.29) is 5.91 Å². The van der Waals surface area contributed by atoms with Gasteiger partial charge in [0.2, 0.25) is 5.91 Å². The number of para-hydroxylation sites is 1. The number of hydrogen-bond acceptors (Lipinski definition) is 4. The highest BCUT2D eigenvalue weighted by molar-refractivity contribution is 7.99. The van der Waals surface area contributed by atoms with Gasteiger partial charge in [-0.05, 0) is 43.9 Å². The van der Waals surface area contributed by atoms with Gasteiger partial charge in [0.25, 0.3) is 0 Å². The van der Waals surface area contributed by atoms with Crippen LogP contribution in [0.1, 0.15) is 37.6 Å². The first-order chi connectivity index (χ1) is 14.2. The van der Waals surface area contributed by atoms with Crippen LogP contribution in [0.15, 0.2) is 65.8 Å². The maximum Gasteiger partial charge on any atom is 0.233 e. The molecule has 1 amide bonds. The number of nitrogens with zero attached hydrogens (tertiary/aromatic N) is 4. The molecule has 4 rings (SSSR count). The summed E-state index contributed by atoms with van der Waals surface area (Å²) in [4.78, 5) is 14.8. The number of aromatic nitrogens is 3. The van der Waals surface area contributed by atoms with E-state index < -0.39 is 0 Å². The number of thioether (sulfide) groups is 1. The summed E-state index contributed by atoms with van der Waals surface area (Å²) < 4.78 is 2.07. The van der Waals surface area contributed by atoms with Crippen molar-refractivity contribution >= 4 is 17.7 Å². The SMILES string of the molecule is C[C@H]1CCCCN1C(=O)CSc1nnc(Cc2ccccc2)n1-c1ccccc1. The van der Waals surface area contributed by atoms with Crippen molar-refractivity contribution in [2.24, 2.45) is 0 Å². The fourth-order valence-electron chi connectivity index (χ4n) is 3.80. The minimum Gasteiger partial charge on any atom is -0.339 e. The van der Waals surface area contributed by atoms with Gasteiger partial charge in [-0.2, -0.15) is 0 Å². The number of hydrogen-bond donors (Lipinski definition) is 0. The van der Waals surface area contributed by atoms with E-state index in [0.717, 1.165) is 36.1 Å². The number of rotatable bonds is 6. The van der Waals surface area contributed by atoms with Gasteiger partial charge in [-0.25, -0.2) is 0 Å². The Morgan fingerprint density at radius 3 is 2.48 bits per heavy atom. The predicted octanol–water partition coefficient (Wildman–Crippen LogP) is 4.35. The van der Waals surface area contributed by atoms with E-state index in [9.17, 15) is 4.79 Å². The van der Waals surface area contributed by atoms with E-state index in [1.807, 2.05) is 41.3 Å². The molecule has 1 aromatic heterocycles. The lowest BCUT2D eigenvalue weighted by atomic mass is 10.0. The molecule has 0 spiro atoms. The number of piperidine rings is 1. The Bertz CT molecular complexity index is 942. The van der Waals surface area contributed by atoms with Gasteiger partial charge in [-0.3, -0.25) is 9.36 Å². The van der Waals surface area contributed by atoms with Crippen LogP contribution in [0.2, 0.25) is 0 Å². The minimum atomic E-state index is 0.189. The van der Waals surface area contributed by atoms with E-state index in [1.54, 1.807) is 0 Å². The van der Waals surface area contributed by atoms with E-state index >= 15 is 0 Å². The second kappa shape index (κ2) is 9.27. The molecule has 0 bridgehead atoms. The van der Waals surface area contributed by atoms with Gasteiger partial charge in [-0.1, -0.05) is 60.3 Å². The third-order valence-corrected chi connectivity index (χ3v) is 6.28. The zero-order valence-electron chi connectivity index (χ0n) is 16.7. The van der Waals surface area contributed by atoms with Crippen molar-refractivity contribution in [1.29, 1.82) is 0 Å². The molecule has 2 aromatic carbocycles. The Hall–Kier alpha value is -2.60. The largest absolute Gasteiger partial charge is 0.339 e. The van der Waals surface area contributed by atoms with Gasteiger partial charge < -0.3 is 4.90 Å². The molecule has 0 radical (unpaired) electrons. The lowest BCUT2D eigenvalue weighted by molar-refractivity contribution is -0.131. The van der Waals surface area contributed by atoms with Gasteiger partial charge in [0, 0.05) is 24.7 Å². The van der Waals surface area contributed by atoms with Crippen molar-refractivity contribution in [3.05, 3.63) is 72.1 Å². The van der Waals surface area contributed by atoms with E-state index in [4.69, 9.17) is 0 Å². The third kappa shape index (κ3) is 4.70.